The van der Waals surface area contributed by atoms with Gasteiger partial charge in [0.15, 0.2) is 0 Å². The highest BCUT2D eigenvalue weighted by Gasteiger charge is 2.17. The number of anilines is 1. The zero-order chi connectivity index (χ0) is 15.2. The molecule has 1 unspecified atom stereocenters. The second-order valence-corrected chi connectivity index (χ2v) is 6.51. The molecule has 0 aromatic carbocycles. The van der Waals surface area contributed by atoms with E-state index in [2.05, 4.69) is 31.0 Å². The minimum Gasteiger partial charge on any atom is -0.377 e. The lowest BCUT2D eigenvalue weighted by Gasteiger charge is -2.24. The van der Waals surface area contributed by atoms with Gasteiger partial charge in [-0.25, -0.2) is 4.98 Å². The summed E-state index contributed by atoms with van der Waals surface area (Å²) in [6.07, 6.45) is 1.28. The number of nitrogens with zero attached hydrogens (tertiary/aromatic N) is 2. The van der Waals surface area contributed by atoms with Crippen molar-refractivity contribution in [3.05, 3.63) is 22.8 Å². The maximum absolute atomic E-state index is 6.27. The molecule has 4 nitrogen and oxygen atoms in total. The molecule has 1 saturated heterocycles. The predicted molar refractivity (Wildman–Crippen MR) is 88.0 cm³/mol. The van der Waals surface area contributed by atoms with Gasteiger partial charge in [0.2, 0.25) is 0 Å². The molecular weight excluding hydrogens is 286 g/mol. The van der Waals surface area contributed by atoms with Crippen molar-refractivity contribution < 1.29 is 4.74 Å². The number of hydrogen-bond donors (Lipinski definition) is 1. The smallest absolute Gasteiger partial charge is 0.129 e. The first-order chi connectivity index (χ1) is 10.1. The Hall–Kier alpha value is -0.840. The summed E-state index contributed by atoms with van der Waals surface area (Å²) in [5, 5.41) is 4.13. The number of rotatable bonds is 5. The maximum atomic E-state index is 6.27. The van der Waals surface area contributed by atoms with Gasteiger partial charge < -0.3 is 15.0 Å². The molecule has 1 fully saturated rings. The van der Waals surface area contributed by atoms with Gasteiger partial charge in [-0.05, 0) is 37.9 Å². The number of hydrogen-bond acceptors (Lipinski definition) is 4. The second-order valence-electron chi connectivity index (χ2n) is 6.10. The van der Waals surface area contributed by atoms with Crippen LogP contribution in [-0.4, -0.2) is 37.3 Å². The van der Waals surface area contributed by atoms with Gasteiger partial charge in [-0.2, -0.15) is 0 Å². The van der Waals surface area contributed by atoms with Crippen molar-refractivity contribution in [3.8, 4) is 0 Å². The molecule has 0 amide bonds. The Morgan fingerprint density at radius 3 is 3.05 bits per heavy atom. The van der Waals surface area contributed by atoms with Crippen molar-refractivity contribution in [2.75, 3.05) is 31.1 Å². The van der Waals surface area contributed by atoms with Crippen LogP contribution in [0.15, 0.2) is 12.1 Å². The Labute approximate surface area is 132 Å². The van der Waals surface area contributed by atoms with Crippen LogP contribution in [-0.2, 0) is 11.3 Å². The highest BCUT2D eigenvalue weighted by Crippen LogP contribution is 2.21. The van der Waals surface area contributed by atoms with Gasteiger partial charge in [-0.1, -0.05) is 25.4 Å². The molecule has 21 heavy (non-hydrogen) atoms. The third-order valence-corrected chi connectivity index (χ3v) is 3.87. The van der Waals surface area contributed by atoms with Gasteiger partial charge in [0.25, 0.3) is 0 Å². The first kappa shape index (κ1) is 16.5. The molecule has 1 aliphatic rings. The minimum atomic E-state index is 0.243. The summed E-state index contributed by atoms with van der Waals surface area (Å²) in [6.45, 7) is 10.9. The molecule has 1 N–H and O–H groups in total. The number of aromatic nitrogens is 1. The molecule has 0 radical (unpaired) electrons. The Morgan fingerprint density at radius 1 is 1.48 bits per heavy atom. The maximum Gasteiger partial charge on any atom is 0.129 e. The fourth-order valence-corrected chi connectivity index (χ4v) is 2.63. The van der Waals surface area contributed by atoms with Crippen LogP contribution in [0, 0.1) is 5.92 Å². The molecule has 2 rings (SSSR count). The van der Waals surface area contributed by atoms with E-state index in [-0.39, 0.29) is 6.10 Å². The van der Waals surface area contributed by atoms with E-state index in [1.54, 1.807) is 0 Å². The monoisotopic (exact) mass is 311 g/mol. The molecule has 0 aliphatic carbocycles. The summed E-state index contributed by atoms with van der Waals surface area (Å²) < 4.78 is 5.69. The average Bonchev–Trinajstić information content (AvgIpc) is 2.65. The number of pyridine rings is 1. The normalized spacial score (nSPS) is 19.9. The molecular formula is C16H26ClN3O. The zero-order valence-electron chi connectivity index (χ0n) is 13.2. The van der Waals surface area contributed by atoms with Gasteiger partial charge in [0.1, 0.15) is 5.82 Å². The Kier molecular flexibility index (Phi) is 6.27. The lowest BCUT2D eigenvalue weighted by atomic mass is 10.2. The average molecular weight is 312 g/mol. The van der Waals surface area contributed by atoms with Crippen LogP contribution in [0.3, 0.4) is 0 Å². The molecule has 1 aromatic heterocycles. The molecule has 0 spiro atoms. The Morgan fingerprint density at radius 2 is 2.29 bits per heavy atom. The summed E-state index contributed by atoms with van der Waals surface area (Å²) >= 11 is 6.27. The van der Waals surface area contributed by atoms with Gasteiger partial charge >= 0.3 is 0 Å². The quantitative estimate of drug-likeness (QED) is 0.906. The van der Waals surface area contributed by atoms with Gasteiger partial charge in [-0.15, -0.1) is 0 Å². The van der Waals surface area contributed by atoms with Gasteiger partial charge in [0, 0.05) is 26.2 Å². The van der Waals surface area contributed by atoms with Gasteiger partial charge in [0.05, 0.1) is 16.8 Å². The lowest BCUT2D eigenvalue weighted by Crippen LogP contribution is -2.31. The number of ether oxygens (including phenoxy) is 1. The highest BCUT2D eigenvalue weighted by atomic mass is 35.5. The molecule has 0 saturated carbocycles. The fraction of sp³-hybridized carbons (Fsp3) is 0.688. The van der Waals surface area contributed by atoms with Crippen LogP contribution < -0.4 is 10.2 Å². The van der Waals surface area contributed by atoms with E-state index in [4.69, 9.17) is 21.3 Å². The largest absolute Gasteiger partial charge is 0.377 e. The van der Waals surface area contributed by atoms with E-state index in [1.807, 2.05) is 12.1 Å². The molecule has 5 heteroatoms. The molecule has 2 heterocycles. The summed E-state index contributed by atoms with van der Waals surface area (Å²) in [6, 6.07) is 3.96. The van der Waals surface area contributed by atoms with Crippen molar-refractivity contribution >= 4 is 17.4 Å². The van der Waals surface area contributed by atoms with Crippen molar-refractivity contribution in [2.24, 2.45) is 5.92 Å². The van der Waals surface area contributed by atoms with Gasteiger partial charge in [-0.3, -0.25) is 0 Å². The topological polar surface area (TPSA) is 37.4 Å². The zero-order valence-corrected chi connectivity index (χ0v) is 14.0. The van der Waals surface area contributed by atoms with E-state index in [0.717, 1.165) is 49.2 Å². The van der Waals surface area contributed by atoms with Crippen LogP contribution in [0.4, 0.5) is 5.82 Å². The third kappa shape index (κ3) is 5.13. The first-order valence-corrected chi connectivity index (χ1v) is 8.16. The van der Waals surface area contributed by atoms with E-state index in [9.17, 15) is 0 Å². The fourth-order valence-electron chi connectivity index (χ4n) is 2.45. The predicted octanol–water partition coefficient (Wildman–Crippen LogP) is 3.10. The minimum absolute atomic E-state index is 0.243. The van der Waals surface area contributed by atoms with Crippen molar-refractivity contribution in [1.82, 2.24) is 10.3 Å². The molecule has 0 bridgehead atoms. The summed E-state index contributed by atoms with van der Waals surface area (Å²) in [4.78, 5) is 7.04. The van der Waals surface area contributed by atoms with E-state index in [0.29, 0.717) is 12.5 Å². The highest BCUT2D eigenvalue weighted by molar-refractivity contribution is 6.31. The molecule has 118 valence electrons. The lowest BCUT2D eigenvalue weighted by molar-refractivity contribution is 0.0820. The van der Waals surface area contributed by atoms with Crippen LogP contribution in [0.5, 0.6) is 0 Å². The summed E-state index contributed by atoms with van der Waals surface area (Å²) in [7, 11) is 0. The molecule has 1 aromatic rings. The van der Waals surface area contributed by atoms with E-state index < -0.39 is 0 Å². The van der Waals surface area contributed by atoms with Crippen LogP contribution in [0.25, 0.3) is 0 Å². The standard InChI is InChI=1S/C16H26ClN3O/c1-12(2)9-18-10-15-14(17)5-6-16(19-15)20-7-4-8-21-13(3)11-20/h5-6,12-13,18H,4,7-11H2,1-3H3. The molecule has 1 aliphatic heterocycles. The third-order valence-electron chi connectivity index (χ3n) is 3.53. The number of halogens is 1. The van der Waals surface area contributed by atoms with Crippen molar-refractivity contribution in [2.45, 2.75) is 39.8 Å². The van der Waals surface area contributed by atoms with Crippen molar-refractivity contribution in [1.29, 1.82) is 0 Å². The van der Waals surface area contributed by atoms with Crippen LogP contribution >= 0.6 is 11.6 Å². The Balaban J connectivity index is 2.06. The van der Waals surface area contributed by atoms with Crippen LogP contribution in [0.2, 0.25) is 5.02 Å². The number of nitrogens with one attached hydrogen (secondary N) is 1. The first-order valence-electron chi connectivity index (χ1n) is 7.79. The van der Waals surface area contributed by atoms with E-state index >= 15 is 0 Å². The summed E-state index contributed by atoms with van der Waals surface area (Å²) in [5.41, 5.74) is 0.924. The molecule has 1 atom stereocenters. The Bertz CT molecular complexity index is 453. The van der Waals surface area contributed by atoms with Crippen LogP contribution in [0.1, 0.15) is 32.9 Å². The van der Waals surface area contributed by atoms with Crippen molar-refractivity contribution in [3.63, 3.8) is 0 Å². The SMILES string of the molecule is CC(C)CNCc1nc(N2CCCOC(C)C2)ccc1Cl. The van der Waals surface area contributed by atoms with E-state index in [1.165, 1.54) is 0 Å². The second kappa shape index (κ2) is 7.97. The summed E-state index contributed by atoms with van der Waals surface area (Å²) in [5.74, 6) is 1.62.